The summed E-state index contributed by atoms with van der Waals surface area (Å²) in [5.74, 6) is 0.0212. The fourth-order valence-electron chi connectivity index (χ4n) is 2.02. The number of rotatable bonds is 3. The summed E-state index contributed by atoms with van der Waals surface area (Å²) in [6.45, 7) is 0. The van der Waals surface area contributed by atoms with Gasteiger partial charge in [-0.3, -0.25) is 0 Å². The molecule has 0 unspecified atom stereocenters. The highest BCUT2D eigenvalue weighted by molar-refractivity contribution is 8.13. The Morgan fingerprint density at radius 2 is 1.93 bits per heavy atom. The maximum absolute atomic E-state index is 10.8. The zero-order valence-electron chi connectivity index (χ0n) is 8.37. The molecule has 0 saturated carbocycles. The summed E-state index contributed by atoms with van der Waals surface area (Å²) < 4.78 is 21.6. The van der Waals surface area contributed by atoms with Crippen LogP contribution in [0.1, 0.15) is 23.1 Å². The van der Waals surface area contributed by atoms with Gasteiger partial charge >= 0.3 is 0 Å². The van der Waals surface area contributed by atoms with E-state index >= 15 is 0 Å². The standard InChI is InChI=1S/C11H13ClO2S/c12-15(13,14)7-6-9-4-5-10-2-1-3-11(10)8-9/h4-5,8H,1-3,6-7H2. The van der Waals surface area contributed by atoms with E-state index in [-0.39, 0.29) is 5.75 Å². The quantitative estimate of drug-likeness (QED) is 0.765. The van der Waals surface area contributed by atoms with Gasteiger partial charge in [-0.1, -0.05) is 18.2 Å². The van der Waals surface area contributed by atoms with Crippen LogP contribution in [0.2, 0.25) is 0 Å². The molecule has 4 heteroatoms. The van der Waals surface area contributed by atoms with Gasteiger partial charge in [-0.25, -0.2) is 8.42 Å². The Morgan fingerprint density at radius 1 is 1.20 bits per heavy atom. The Hall–Kier alpha value is -0.540. The zero-order valence-corrected chi connectivity index (χ0v) is 9.94. The molecule has 0 N–H and O–H groups in total. The van der Waals surface area contributed by atoms with Gasteiger partial charge in [0.15, 0.2) is 0 Å². The minimum absolute atomic E-state index is 0.0212. The van der Waals surface area contributed by atoms with Crippen molar-refractivity contribution in [2.75, 3.05) is 5.75 Å². The van der Waals surface area contributed by atoms with E-state index in [9.17, 15) is 8.42 Å². The molecular formula is C11H13ClO2S. The van der Waals surface area contributed by atoms with E-state index in [0.717, 1.165) is 18.4 Å². The third kappa shape index (κ3) is 2.95. The molecular weight excluding hydrogens is 232 g/mol. The molecule has 0 bridgehead atoms. The summed E-state index contributed by atoms with van der Waals surface area (Å²) in [5.41, 5.74) is 3.85. The second kappa shape index (κ2) is 4.14. The van der Waals surface area contributed by atoms with Crippen LogP contribution in [0.4, 0.5) is 0 Å². The van der Waals surface area contributed by atoms with Gasteiger partial charge < -0.3 is 0 Å². The Morgan fingerprint density at radius 3 is 2.67 bits per heavy atom. The number of fused-ring (bicyclic) bond motifs is 1. The molecule has 1 aliphatic carbocycles. The first-order valence-corrected chi connectivity index (χ1v) is 7.55. The summed E-state index contributed by atoms with van der Waals surface area (Å²) in [4.78, 5) is 0. The summed E-state index contributed by atoms with van der Waals surface area (Å²) >= 11 is 0. The van der Waals surface area contributed by atoms with E-state index < -0.39 is 9.05 Å². The number of halogens is 1. The molecule has 0 radical (unpaired) electrons. The third-order valence-electron chi connectivity index (χ3n) is 2.80. The summed E-state index contributed by atoms with van der Waals surface area (Å²) in [7, 11) is 1.81. The van der Waals surface area contributed by atoms with Crippen LogP contribution in [-0.2, 0) is 28.3 Å². The van der Waals surface area contributed by atoms with E-state index in [0.29, 0.717) is 6.42 Å². The molecule has 0 fully saturated rings. The minimum Gasteiger partial charge on any atom is -0.212 e. The van der Waals surface area contributed by atoms with Crippen LogP contribution >= 0.6 is 10.7 Å². The Kier molecular flexibility index (Phi) is 3.03. The molecule has 0 saturated heterocycles. The minimum atomic E-state index is -3.36. The molecule has 0 spiro atoms. The average Bonchev–Trinajstić information content (AvgIpc) is 2.60. The van der Waals surface area contributed by atoms with E-state index in [1.54, 1.807) is 0 Å². The first-order valence-electron chi connectivity index (χ1n) is 5.08. The molecule has 0 amide bonds. The van der Waals surface area contributed by atoms with Crippen LogP contribution in [0.3, 0.4) is 0 Å². The molecule has 82 valence electrons. The number of hydrogen-bond donors (Lipinski definition) is 0. The fraction of sp³-hybridized carbons (Fsp3) is 0.455. The topological polar surface area (TPSA) is 34.1 Å². The van der Waals surface area contributed by atoms with E-state index in [1.807, 2.05) is 6.07 Å². The first kappa shape index (κ1) is 11.0. The predicted molar refractivity (Wildman–Crippen MR) is 61.8 cm³/mol. The molecule has 1 aromatic carbocycles. The van der Waals surface area contributed by atoms with Crippen molar-refractivity contribution in [1.29, 1.82) is 0 Å². The second-order valence-corrected chi connectivity index (χ2v) is 6.85. The molecule has 0 aliphatic heterocycles. The van der Waals surface area contributed by atoms with Crippen LogP contribution in [0.25, 0.3) is 0 Å². The fourth-order valence-corrected chi connectivity index (χ4v) is 2.73. The van der Waals surface area contributed by atoms with Crippen LogP contribution in [-0.4, -0.2) is 14.2 Å². The van der Waals surface area contributed by atoms with Gasteiger partial charge in [-0.05, 0) is 42.4 Å². The Labute approximate surface area is 94.7 Å². The highest BCUT2D eigenvalue weighted by Gasteiger charge is 2.12. The second-order valence-electron chi connectivity index (χ2n) is 3.95. The predicted octanol–water partition coefficient (Wildman–Crippen LogP) is 2.29. The van der Waals surface area contributed by atoms with Crippen LogP contribution in [0, 0.1) is 0 Å². The van der Waals surface area contributed by atoms with Gasteiger partial charge in [0.25, 0.3) is 0 Å². The lowest BCUT2D eigenvalue weighted by Crippen LogP contribution is -2.01. The molecule has 1 aromatic rings. The zero-order chi connectivity index (χ0) is 10.9. The van der Waals surface area contributed by atoms with Crippen molar-refractivity contribution in [3.8, 4) is 0 Å². The number of benzene rings is 1. The molecule has 0 aromatic heterocycles. The summed E-state index contributed by atoms with van der Waals surface area (Å²) in [6, 6.07) is 6.23. The SMILES string of the molecule is O=S(=O)(Cl)CCc1ccc2c(c1)CCC2. The smallest absolute Gasteiger partial charge is 0.212 e. The average molecular weight is 245 g/mol. The lowest BCUT2D eigenvalue weighted by atomic mass is 10.1. The molecule has 2 rings (SSSR count). The number of aryl methyl sites for hydroxylation is 3. The lowest BCUT2D eigenvalue weighted by Gasteiger charge is -2.03. The van der Waals surface area contributed by atoms with Crippen molar-refractivity contribution in [1.82, 2.24) is 0 Å². The monoisotopic (exact) mass is 244 g/mol. The van der Waals surface area contributed by atoms with E-state index in [2.05, 4.69) is 12.1 Å². The maximum Gasteiger partial charge on any atom is 0.232 e. The summed E-state index contributed by atoms with van der Waals surface area (Å²) in [6.07, 6.45) is 4.01. The largest absolute Gasteiger partial charge is 0.232 e. The maximum atomic E-state index is 10.8. The van der Waals surface area contributed by atoms with E-state index in [1.165, 1.54) is 17.5 Å². The van der Waals surface area contributed by atoms with Crippen molar-refractivity contribution >= 4 is 19.7 Å². The molecule has 0 heterocycles. The molecule has 15 heavy (non-hydrogen) atoms. The van der Waals surface area contributed by atoms with Gasteiger partial charge in [0, 0.05) is 10.7 Å². The molecule has 0 atom stereocenters. The van der Waals surface area contributed by atoms with Gasteiger partial charge in [-0.2, -0.15) is 0 Å². The highest BCUT2D eigenvalue weighted by atomic mass is 35.7. The normalized spacial score (nSPS) is 15.3. The van der Waals surface area contributed by atoms with Crippen molar-refractivity contribution < 1.29 is 8.42 Å². The van der Waals surface area contributed by atoms with Gasteiger partial charge in [0.1, 0.15) is 0 Å². The van der Waals surface area contributed by atoms with Crippen LogP contribution in [0.15, 0.2) is 18.2 Å². The van der Waals surface area contributed by atoms with Crippen molar-refractivity contribution in [3.05, 3.63) is 34.9 Å². The van der Waals surface area contributed by atoms with Crippen molar-refractivity contribution in [2.45, 2.75) is 25.7 Å². The van der Waals surface area contributed by atoms with Crippen LogP contribution < -0.4 is 0 Å². The van der Waals surface area contributed by atoms with Gasteiger partial charge in [0.05, 0.1) is 5.75 Å². The van der Waals surface area contributed by atoms with Gasteiger partial charge in [-0.15, -0.1) is 0 Å². The van der Waals surface area contributed by atoms with E-state index in [4.69, 9.17) is 10.7 Å². The lowest BCUT2D eigenvalue weighted by molar-refractivity contribution is 0.609. The highest BCUT2D eigenvalue weighted by Crippen LogP contribution is 2.23. The van der Waals surface area contributed by atoms with Crippen molar-refractivity contribution in [3.63, 3.8) is 0 Å². The Bertz CT molecular complexity index is 465. The summed E-state index contributed by atoms with van der Waals surface area (Å²) in [5, 5.41) is 0. The molecule has 1 aliphatic rings. The first-order chi connectivity index (χ1) is 7.04. The number of hydrogen-bond acceptors (Lipinski definition) is 2. The van der Waals surface area contributed by atoms with Crippen molar-refractivity contribution in [2.24, 2.45) is 0 Å². The van der Waals surface area contributed by atoms with Crippen LogP contribution in [0.5, 0.6) is 0 Å². The third-order valence-corrected chi connectivity index (χ3v) is 3.95. The molecule has 2 nitrogen and oxygen atoms in total. The van der Waals surface area contributed by atoms with Gasteiger partial charge in [0.2, 0.25) is 9.05 Å². The Balaban J connectivity index is 2.10.